The van der Waals surface area contributed by atoms with E-state index in [-0.39, 0.29) is 35.2 Å². The van der Waals surface area contributed by atoms with E-state index in [1.54, 1.807) is 22.0 Å². The smallest absolute Gasteiger partial charge is 0.272 e. The molecule has 0 aromatic carbocycles. The monoisotopic (exact) mass is 509 g/mol. The largest absolute Gasteiger partial charge is 0.367 e. The highest BCUT2D eigenvalue weighted by atomic mass is 32.1. The molecule has 1 saturated heterocycles. The maximum Gasteiger partial charge on any atom is 0.272 e. The molecular weight excluding hydrogens is 474 g/mol. The van der Waals surface area contributed by atoms with Crippen molar-refractivity contribution in [3.63, 3.8) is 0 Å². The lowest BCUT2D eigenvalue weighted by molar-refractivity contribution is -0.123. The van der Waals surface area contributed by atoms with Crippen molar-refractivity contribution >= 4 is 33.8 Å². The number of hydrogen-bond acceptors (Lipinski definition) is 7. The standard InChI is InChI=1S/C26H35N7O2S/c1-15-20(24(35)32-10-8-18(9-11-32)29-23(34)17-6-7-17)30-22(19-14-27-33-12-13-36-25(19)33)31-21(15)28-16(2)26(3,4)5/h12-14,16-18H,6-11H2,1-5H3,(H,29,34)(H,28,30,31). The molecule has 3 aromatic rings. The first-order valence-corrected chi connectivity index (χ1v) is 13.7. The van der Waals surface area contributed by atoms with Crippen LogP contribution in [0.15, 0.2) is 17.8 Å². The van der Waals surface area contributed by atoms with Crippen LogP contribution in [0.2, 0.25) is 0 Å². The van der Waals surface area contributed by atoms with E-state index >= 15 is 0 Å². The Morgan fingerprint density at radius 1 is 1.14 bits per heavy atom. The van der Waals surface area contributed by atoms with E-state index in [9.17, 15) is 9.59 Å². The Morgan fingerprint density at radius 2 is 1.86 bits per heavy atom. The van der Waals surface area contributed by atoms with Crippen LogP contribution in [0.5, 0.6) is 0 Å². The summed E-state index contributed by atoms with van der Waals surface area (Å²) in [6.45, 7) is 11.7. The van der Waals surface area contributed by atoms with Crippen LogP contribution < -0.4 is 10.6 Å². The molecular formula is C26H35N7O2S. The molecule has 192 valence electrons. The summed E-state index contributed by atoms with van der Waals surface area (Å²) in [7, 11) is 0. The van der Waals surface area contributed by atoms with Crippen molar-refractivity contribution in [2.75, 3.05) is 18.4 Å². The van der Waals surface area contributed by atoms with E-state index in [2.05, 4.69) is 43.4 Å². The molecule has 0 radical (unpaired) electrons. The van der Waals surface area contributed by atoms with Crippen molar-refractivity contribution < 1.29 is 9.59 Å². The first-order valence-electron chi connectivity index (χ1n) is 12.8. The quantitative estimate of drug-likeness (QED) is 0.518. The Morgan fingerprint density at radius 3 is 2.53 bits per heavy atom. The second-order valence-electron chi connectivity index (χ2n) is 11.2. The van der Waals surface area contributed by atoms with Crippen LogP contribution in [-0.2, 0) is 4.79 Å². The van der Waals surface area contributed by atoms with E-state index in [0.717, 1.165) is 41.6 Å². The van der Waals surface area contributed by atoms with Gasteiger partial charge in [0.15, 0.2) is 5.82 Å². The molecule has 3 aromatic heterocycles. The molecule has 0 bridgehead atoms. The average Bonchev–Trinajstić information content (AvgIpc) is 3.46. The van der Waals surface area contributed by atoms with E-state index in [0.29, 0.717) is 30.4 Å². The number of nitrogens with one attached hydrogen (secondary N) is 2. The molecule has 5 rings (SSSR count). The number of hydrogen-bond donors (Lipinski definition) is 2. The summed E-state index contributed by atoms with van der Waals surface area (Å²) in [6, 6.07) is 0.259. The molecule has 0 spiro atoms. The zero-order chi connectivity index (χ0) is 25.6. The fraction of sp³-hybridized carbons (Fsp3) is 0.577. The molecule has 1 saturated carbocycles. The molecule has 1 unspecified atom stereocenters. The van der Waals surface area contributed by atoms with Gasteiger partial charge in [0.2, 0.25) is 5.91 Å². The third-order valence-electron chi connectivity index (χ3n) is 7.45. The number of nitrogens with zero attached hydrogens (tertiary/aromatic N) is 5. The molecule has 2 fully saturated rings. The Hall–Kier alpha value is -3.01. The fourth-order valence-electron chi connectivity index (χ4n) is 4.33. The van der Waals surface area contributed by atoms with Crippen molar-refractivity contribution in [2.24, 2.45) is 11.3 Å². The number of anilines is 1. The van der Waals surface area contributed by atoms with Gasteiger partial charge in [-0.1, -0.05) is 20.8 Å². The van der Waals surface area contributed by atoms with E-state index in [1.807, 2.05) is 23.4 Å². The number of carbonyl (C=O) groups excluding carboxylic acids is 2. The first-order chi connectivity index (χ1) is 17.1. The zero-order valence-corrected chi connectivity index (χ0v) is 22.5. The number of thiazole rings is 1. The van der Waals surface area contributed by atoms with Gasteiger partial charge in [0.25, 0.3) is 5.91 Å². The van der Waals surface area contributed by atoms with Gasteiger partial charge in [-0.15, -0.1) is 11.3 Å². The molecule has 4 heterocycles. The topological polar surface area (TPSA) is 105 Å². The van der Waals surface area contributed by atoms with Gasteiger partial charge < -0.3 is 15.5 Å². The van der Waals surface area contributed by atoms with Crippen molar-refractivity contribution in [1.82, 2.24) is 29.8 Å². The minimum Gasteiger partial charge on any atom is -0.367 e. The van der Waals surface area contributed by atoms with Gasteiger partial charge in [-0.05, 0) is 44.9 Å². The van der Waals surface area contributed by atoms with Gasteiger partial charge in [-0.2, -0.15) is 5.10 Å². The molecule has 1 atom stereocenters. The lowest BCUT2D eigenvalue weighted by Crippen LogP contribution is -2.47. The normalized spacial score (nSPS) is 17.9. The maximum absolute atomic E-state index is 13.7. The van der Waals surface area contributed by atoms with E-state index in [1.165, 1.54) is 0 Å². The number of likely N-dealkylation sites (tertiary alicyclic amines) is 1. The summed E-state index contributed by atoms with van der Waals surface area (Å²) in [6.07, 6.45) is 7.17. The molecule has 1 aliphatic carbocycles. The molecule has 2 N–H and O–H groups in total. The average molecular weight is 510 g/mol. The predicted molar refractivity (Wildman–Crippen MR) is 141 cm³/mol. The Kier molecular flexibility index (Phi) is 6.48. The van der Waals surface area contributed by atoms with Gasteiger partial charge in [-0.25, -0.2) is 14.5 Å². The highest BCUT2D eigenvalue weighted by Crippen LogP contribution is 2.31. The van der Waals surface area contributed by atoms with Crippen LogP contribution in [0.4, 0.5) is 5.82 Å². The summed E-state index contributed by atoms with van der Waals surface area (Å²) in [4.78, 5) is 38.3. The number of rotatable bonds is 6. The third kappa shape index (κ3) is 4.96. The van der Waals surface area contributed by atoms with Crippen LogP contribution in [0.1, 0.15) is 69.4 Å². The first kappa shape index (κ1) is 24.7. The summed E-state index contributed by atoms with van der Waals surface area (Å²) in [5, 5.41) is 13.1. The van der Waals surface area contributed by atoms with Crippen LogP contribution >= 0.6 is 11.3 Å². The minimum absolute atomic E-state index is 0.00718. The maximum atomic E-state index is 13.7. The summed E-state index contributed by atoms with van der Waals surface area (Å²) >= 11 is 1.57. The lowest BCUT2D eigenvalue weighted by atomic mass is 9.88. The van der Waals surface area contributed by atoms with Crippen LogP contribution in [0, 0.1) is 18.3 Å². The van der Waals surface area contributed by atoms with Crippen molar-refractivity contribution in [3.8, 4) is 11.4 Å². The van der Waals surface area contributed by atoms with Crippen LogP contribution in [-0.4, -0.2) is 61.5 Å². The Bertz CT molecular complexity index is 1280. The van der Waals surface area contributed by atoms with Gasteiger partial charge >= 0.3 is 0 Å². The summed E-state index contributed by atoms with van der Waals surface area (Å²) < 4.78 is 1.80. The molecule has 36 heavy (non-hydrogen) atoms. The van der Waals surface area contributed by atoms with Gasteiger partial charge in [0, 0.05) is 48.2 Å². The summed E-state index contributed by atoms with van der Waals surface area (Å²) in [5.74, 6) is 1.45. The summed E-state index contributed by atoms with van der Waals surface area (Å²) in [5.41, 5.74) is 1.98. The Labute approximate surface area is 215 Å². The number of amides is 2. The van der Waals surface area contributed by atoms with Crippen LogP contribution in [0.25, 0.3) is 16.2 Å². The number of aromatic nitrogens is 4. The van der Waals surface area contributed by atoms with Crippen molar-refractivity contribution in [2.45, 2.75) is 72.4 Å². The van der Waals surface area contributed by atoms with Crippen molar-refractivity contribution in [3.05, 3.63) is 29.0 Å². The molecule has 2 amide bonds. The highest BCUT2D eigenvalue weighted by molar-refractivity contribution is 7.16. The van der Waals surface area contributed by atoms with Crippen molar-refractivity contribution in [1.29, 1.82) is 0 Å². The molecule has 2 aliphatic rings. The third-order valence-corrected chi connectivity index (χ3v) is 8.34. The van der Waals surface area contributed by atoms with Gasteiger partial charge in [0.05, 0.1) is 11.8 Å². The van der Waals surface area contributed by atoms with Crippen LogP contribution in [0.3, 0.4) is 0 Å². The molecule has 1 aliphatic heterocycles. The zero-order valence-electron chi connectivity index (χ0n) is 21.7. The Balaban J connectivity index is 1.42. The number of fused-ring (bicyclic) bond motifs is 1. The van der Waals surface area contributed by atoms with Gasteiger partial charge in [-0.3, -0.25) is 9.59 Å². The number of carbonyl (C=O) groups is 2. The fourth-order valence-corrected chi connectivity index (χ4v) is 5.12. The second kappa shape index (κ2) is 9.46. The highest BCUT2D eigenvalue weighted by Gasteiger charge is 2.33. The van der Waals surface area contributed by atoms with E-state index < -0.39 is 0 Å². The van der Waals surface area contributed by atoms with E-state index in [4.69, 9.17) is 9.97 Å². The second-order valence-corrected chi connectivity index (χ2v) is 12.1. The SMILES string of the molecule is Cc1c(NC(C)C(C)(C)C)nc(-c2cnn3ccsc23)nc1C(=O)N1CCC(NC(=O)C2CC2)CC1. The minimum atomic E-state index is -0.0934. The number of piperidine rings is 1. The lowest BCUT2D eigenvalue weighted by Gasteiger charge is -2.33. The molecule has 9 nitrogen and oxygen atoms in total. The predicted octanol–water partition coefficient (Wildman–Crippen LogP) is 4.14. The van der Waals surface area contributed by atoms with Gasteiger partial charge in [0.1, 0.15) is 16.3 Å². The molecule has 10 heteroatoms.